The Morgan fingerprint density at radius 3 is 2.43 bits per heavy atom. The number of aromatic nitrogens is 2. The summed E-state index contributed by atoms with van der Waals surface area (Å²) in [7, 11) is 0. The van der Waals surface area contributed by atoms with E-state index in [9.17, 15) is 9.59 Å². The van der Waals surface area contributed by atoms with Gasteiger partial charge >= 0.3 is 0 Å². The first kappa shape index (κ1) is 24.9. The van der Waals surface area contributed by atoms with Crippen molar-refractivity contribution in [1.82, 2.24) is 20.4 Å². The summed E-state index contributed by atoms with van der Waals surface area (Å²) in [6, 6.07) is 19.5. The molecular weight excluding hydrogens is 466 g/mol. The summed E-state index contributed by atoms with van der Waals surface area (Å²) in [6.07, 6.45) is 4.23. The summed E-state index contributed by atoms with van der Waals surface area (Å²) in [4.78, 5) is 29.6. The maximum absolute atomic E-state index is 13.4. The summed E-state index contributed by atoms with van der Waals surface area (Å²) in [5.74, 6) is 1.61. The summed E-state index contributed by atoms with van der Waals surface area (Å²) in [6.45, 7) is 5.03. The maximum atomic E-state index is 13.4. The molecule has 2 amide bonds. The van der Waals surface area contributed by atoms with E-state index in [1.165, 1.54) is 5.56 Å². The number of likely N-dealkylation sites (tertiary alicyclic amines) is 1. The van der Waals surface area contributed by atoms with Crippen molar-refractivity contribution in [1.29, 1.82) is 0 Å². The third kappa shape index (κ3) is 5.97. The third-order valence-electron chi connectivity index (χ3n) is 7.27. The van der Waals surface area contributed by atoms with Crippen molar-refractivity contribution in [2.75, 3.05) is 37.7 Å². The van der Waals surface area contributed by atoms with Crippen LogP contribution in [0.25, 0.3) is 0 Å². The predicted molar refractivity (Wildman–Crippen MR) is 142 cm³/mol. The van der Waals surface area contributed by atoms with Crippen LogP contribution in [0, 0.1) is 12.8 Å². The molecule has 0 bridgehead atoms. The topological polar surface area (TPSA) is 87.7 Å². The summed E-state index contributed by atoms with van der Waals surface area (Å²) in [5, 5.41) is 11.5. The minimum atomic E-state index is -0.0708. The lowest BCUT2D eigenvalue weighted by molar-refractivity contribution is -0.134. The van der Waals surface area contributed by atoms with E-state index in [0.29, 0.717) is 37.1 Å². The van der Waals surface area contributed by atoms with Gasteiger partial charge in [0, 0.05) is 25.8 Å². The van der Waals surface area contributed by atoms with Crippen LogP contribution < -0.4 is 15.0 Å². The Labute approximate surface area is 217 Å². The first-order valence-electron chi connectivity index (χ1n) is 13.0. The molecule has 2 aromatic carbocycles. The van der Waals surface area contributed by atoms with Crippen LogP contribution in [-0.2, 0) is 9.59 Å². The van der Waals surface area contributed by atoms with Gasteiger partial charge in [0.05, 0.1) is 11.6 Å². The van der Waals surface area contributed by atoms with Crippen LogP contribution in [0.3, 0.4) is 0 Å². The quantitative estimate of drug-likeness (QED) is 0.532. The first-order valence-corrected chi connectivity index (χ1v) is 13.0. The fraction of sp³-hybridized carbons (Fsp3) is 0.379. The molecule has 2 aliphatic heterocycles. The molecule has 2 aliphatic rings. The monoisotopic (exact) mass is 499 g/mol. The lowest BCUT2D eigenvalue weighted by atomic mass is 9.89. The van der Waals surface area contributed by atoms with Crippen molar-refractivity contribution < 1.29 is 14.3 Å². The highest BCUT2D eigenvalue weighted by atomic mass is 16.5. The van der Waals surface area contributed by atoms with Gasteiger partial charge in [-0.05, 0) is 80.6 Å². The third-order valence-corrected chi connectivity index (χ3v) is 7.27. The van der Waals surface area contributed by atoms with Gasteiger partial charge in [-0.25, -0.2) is 0 Å². The lowest BCUT2D eigenvalue weighted by Gasteiger charge is -2.32. The largest absolute Gasteiger partial charge is 0.484 e. The number of anilines is 2. The zero-order chi connectivity index (χ0) is 25.6. The van der Waals surface area contributed by atoms with Gasteiger partial charge in [0.15, 0.2) is 12.4 Å². The van der Waals surface area contributed by atoms with Crippen LogP contribution in [0.5, 0.6) is 5.75 Å². The highest BCUT2D eigenvalue weighted by Gasteiger charge is 2.30. The van der Waals surface area contributed by atoms with Crippen molar-refractivity contribution in [3.05, 3.63) is 78.0 Å². The van der Waals surface area contributed by atoms with Crippen LogP contribution in [0.15, 0.2) is 66.9 Å². The van der Waals surface area contributed by atoms with E-state index in [2.05, 4.69) is 27.6 Å². The summed E-state index contributed by atoms with van der Waals surface area (Å²) in [5.41, 5.74) is 3.18. The Bertz CT molecular complexity index is 1190. The molecule has 192 valence electrons. The minimum Gasteiger partial charge on any atom is -0.484 e. The fourth-order valence-electron chi connectivity index (χ4n) is 5.06. The number of rotatable bonds is 7. The van der Waals surface area contributed by atoms with Gasteiger partial charge in [-0.3, -0.25) is 14.5 Å². The molecule has 0 saturated carbocycles. The number of carbonyl (C=O) groups is 2. The molecule has 1 N–H and O–H groups in total. The van der Waals surface area contributed by atoms with Crippen LogP contribution in [0.4, 0.5) is 11.5 Å². The molecule has 0 spiro atoms. The van der Waals surface area contributed by atoms with Crippen molar-refractivity contribution in [2.45, 2.75) is 32.1 Å². The number of aryl methyl sites for hydroxylation is 1. The van der Waals surface area contributed by atoms with E-state index in [4.69, 9.17) is 4.74 Å². The van der Waals surface area contributed by atoms with Gasteiger partial charge in [-0.1, -0.05) is 29.8 Å². The molecule has 0 radical (unpaired) electrons. The van der Waals surface area contributed by atoms with E-state index in [1.807, 2.05) is 54.3 Å². The number of amides is 2. The number of nitrogens with zero attached hydrogens (tertiary/aromatic N) is 4. The number of hydrogen-bond acceptors (Lipinski definition) is 6. The Kier molecular flexibility index (Phi) is 7.75. The minimum absolute atomic E-state index is 0.0221. The zero-order valence-corrected chi connectivity index (χ0v) is 21.2. The molecule has 37 heavy (non-hydrogen) atoms. The highest BCUT2D eigenvalue weighted by molar-refractivity contribution is 6.01. The zero-order valence-electron chi connectivity index (χ0n) is 21.2. The Morgan fingerprint density at radius 2 is 1.78 bits per heavy atom. The molecule has 3 heterocycles. The standard InChI is InChI=1S/C29H33N5O3/c1-21-4-10-26(11-5-21)37-20-28(35)33-17-13-23(14-18-33)22-6-8-25(9-7-22)34(27-3-2-15-31-32-27)29(36)24-12-16-30-19-24/h2-11,15,23-24,30H,12-14,16-20H2,1H3/t24-/m0/s1. The number of carbonyl (C=O) groups excluding carboxylic acids is 2. The SMILES string of the molecule is Cc1ccc(OCC(=O)N2CCC(c3ccc(N(C(=O)[C@H]4CCNC4)c4cccnn4)cc3)CC2)cc1. The molecule has 8 nitrogen and oxygen atoms in total. The van der Waals surface area contributed by atoms with Crippen LogP contribution >= 0.6 is 0 Å². The Balaban J connectivity index is 1.20. The molecule has 0 unspecified atom stereocenters. The maximum Gasteiger partial charge on any atom is 0.260 e. The van der Waals surface area contributed by atoms with Gasteiger partial charge in [0.1, 0.15) is 5.75 Å². The molecule has 3 aromatic rings. The van der Waals surface area contributed by atoms with Crippen molar-refractivity contribution in [3.8, 4) is 5.75 Å². The average Bonchev–Trinajstić information content (AvgIpc) is 3.49. The molecule has 2 fully saturated rings. The van der Waals surface area contributed by atoms with Crippen molar-refractivity contribution in [2.24, 2.45) is 5.92 Å². The molecular formula is C29H33N5O3. The van der Waals surface area contributed by atoms with Gasteiger partial charge in [-0.15, -0.1) is 5.10 Å². The number of hydrogen-bond donors (Lipinski definition) is 1. The fourth-order valence-corrected chi connectivity index (χ4v) is 5.06. The van der Waals surface area contributed by atoms with Crippen LogP contribution in [0.1, 0.15) is 36.3 Å². The van der Waals surface area contributed by atoms with E-state index >= 15 is 0 Å². The number of benzene rings is 2. The second kappa shape index (κ2) is 11.5. The van der Waals surface area contributed by atoms with E-state index < -0.39 is 0 Å². The predicted octanol–water partition coefficient (Wildman–Crippen LogP) is 3.84. The van der Waals surface area contributed by atoms with Gasteiger partial charge in [0.2, 0.25) is 5.91 Å². The summed E-state index contributed by atoms with van der Waals surface area (Å²) < 4.78 is 5.68. The van der Waals surface area contributed by atoms with E-state index in [0.717, 1.165) is 37.1 Å². The lowest BCUT2D eigenvalue weighted by Crippen LogP contribution is -2.40. The number of nitrogens with one attached hydrogen (secondary N) is 1. The number of piperidine rings is 1. The molecule has 5 rings (SSSR count). The van der Waals surface area contributed by atoms with Gasteiger partial charge in [-0.2, -0.15) is 5.10 Å². The molecule has 2 saturated heterocycles. The van der Waals surface area contributed by atoms with Gasteiger partial charge in [0.25, 0.3) is 5.91 Å². The second-order valence-corrected chi connectivity index (χ2v) is 9.79. The highest BCUT2D eigenvalue weighted by Crippen LogP contribution is 2.32. The molecule has 1 atom stereocenters. The Hall–Kier alpha value is -3.78. The van der Waals surface area contributed by atoms with Crippen LogP contribution in [-0.4, -0.2) is 59.7 Å². The first-order chi connectivity index (χ1) is 18.1. The number of ether oxygens (including phenoxy) is 1. The molecule has 8 heteroatoms. The Morgan fingerprint density at radius 1 is 1.03 bits per heavy atom. The average molecular weight is 500 g/mol. The van der Waals surface area contributed by atoms with Crippen molar-refractivity contribution in [3.63, 3.8) is 0 Å². The van der Waals surface area contributed by atoms with Gasteiger partial charge < -0.3 is 15.0 Å². The smallest absolute Gasteiger partial charge is 0.260 e. The second-order valence-electron chi connectivity index (χ2n) is 9.79. The molecule has 0 aliphatic carbocycles. The normalized spacial score (nSPS) is 18.0. The van der Waals surface area contributed by atoms with E-state index in [1.54, 1.807) is 17.2 Å². The summed E-state index contributed by atoms with van der Waals surface area (Å²) >= 11 is 0. The van der Waals surface area contributed by atoms with E-state index in [-0.39, 0.29) is 24.3 Å². The van der Waals surface area contributed by atoms with Crippen LogP contribution in [0.2, 0.25) is 0 Å². The van der Waals surface area contributed by atoms with Crippen molar-refractivity contribution >= 4 is 23.3 Å². The molecule has 1 aromatic heterocycles.